The number of hydrogen-bond donors (Lipinski definition) is 0. The first-order valence-corrected chi connectivity index (χ1v) is 7.21. The third-order valence-corrected chi connectivity index (χ3v) is 4.68. The van der Waals surface area contributed by atoms with Crippen molar-refractivity contribution in [2.45, 2.75) is 56.0 Å². The number of morpholine rings is 1. The van der Waals surface area contributed by atoms with Crippen molar-refractivity contribution in [1.82, 2.24) is 4.90 Å². The molecule has 0 aromatic rings. The lowest BCUT2D eigenvalue weighted by atomic mass is 9.90. The molecule has 2 fully saturated rings. The molecule has 3 unspecified atom stereocenters. The van der Waals surface area contributed by atoms with Crippen molar-refractivity contribution in [2.24, 2.45) is 0 Å². The van der Waals surface area contributed by atoms with Crippen molar-refractivity contribution in [3.05, 3.63) is 0 Å². The van der Waals surface area contributed by atoms with Gasteiger partial charge >= 0.3 is 0 Å². The van der Waals surface area contributed by atoms with E-state index in [1.54, 1.807) is 0 Å². The second-order valence-corrected chi connectivity index (χ2v) is 5.77. The molecule has 0 N–H and O–H groups in total. The zero-order valence-electron chi connectivity index (χ0n) is 9.82. The van der Waals surface area contributed by atoms with E-state index in [2.05, 4.69) is 20.8 Å². The fourth-order valence-electron chi connectivity index (χ4n) is 2.72. The van der Waals surface area contributed by atoms with Gasteiger partial charge in [-0.25, -0.2) is 0 Å². The van der Waals surface area contributed by atoms with E-state index >= 15 is 0 Å². The Balaban J connectivity index is 2.04. The first-order chi connectivity index (χ1) is 7.74. The van der Waals surface area contributed by atoms with Crippen LogP contribution in [0.1, 0.15) is 39.0 Å². The van der Waals surface area contributed by atoms with Gasteiger partial charge in [-0.2, -0.15) is 0 Å². The summed E-state index contributed by atoms with van der Waals surface area (Å²) in [6.45, 7) is 3.51. The summed E-state index contributed by atoms with van der Waals surface area (Å²) in [5.41, 5.74) is 0. The quantitative estimate of drug-likeness (QED) is 0.731. The van der Waals surface area contributed by atoms with Crippen molar-refractivity contribution in [2.75, 3.05) is 13.2 Å². The summed E-state index contributed by atoms with van der Waals surface area (Å²) >= 11 is 3.46. The topological polar surface area (TPSA) is 29.5 Å². The lowest BCUT2D eigenvalue weighted by Gasteiger charge is -2.44. The molecule has 16 heavy (non-hydrogen) atoms. The van der Waals surface area contributed by atoms with Crippen LogP contribution in [0, 0.1) is 0 Å². The second-order valence-electron chi connectivity index (χ2n) is 4.67. The fourth-order valence-corrected chi connectivity index (χ4v) is 2.99. The Kier molecular flexibility index (Phi) is 4.25. The van der Waals surface area contributed by atoms with Gasteiger partial charge in [0.15, 0.2) is 0 Å². The van der Waals surface area contributed by atoms with Crippen LogP contribution in [0.3, 0.4) is 0 Å². The van der Waals surface area contributed by atoms with Crippen LogP contribution in [-0.4, -0.2) is 40.9 Å². The molecule has 2 aliphatic rings. The zero-order valence-corrected chi connectivity index (χ0v) is 11.4. The first-order valence-electron chi connectivity index (χ1n) is 6.30. The predicted octanol–water partition coefficient (Wildman–Crippen LogP) is 2.33. The number of ether oxygens (including phenoxy) is 1. The molecule has 3 atom stereocenters. The van der Waals surface area contributed by atoms with Gasteiger partial charge in [0.25, 0.3) is 0 Å². The predicted molar refractivity (Wildman–Crippen MR) is 66.7 cm³/mol. The molecule has 1 aliphatic heterocycles. The van der Waals surface area contributed by atoms with Gasteiger partial charge in [0.05, 0.1) is 23.6 Å². The van der Waals surface area contributed by atoms with E-state index in [-0.39, 0.29) is 10.7 Å². The molecular formula is C12H20BrNO2. The van der Waals surface area contributed by atoms with E-state index in [0.717, 1.165) is 25.8 Å². The fraction of sp³-hybridized carbons (Fsp3) is 0.917. The molecule has 0 aromatic heterocycles. The third kappa shape index (κ3) is 2.43. The van der Waals surface area contributed by atoms with E-state index in [1.165, 1.54) is 12.8 Å². The summed E-state index contributed by atoms with van der Waals surface area (Å²) in [6, 6.07) is 0.335. The van der Waals surface area contributed by atoms with E-state index < -0.39 is 0 Å². The second kappa shape index (κ2) is 5.50. The molecule has 3 nitrogen and oxygen atoms in total. The van der Waals surface area contributed by atoms with Crippen LogP contribution in [-0.2, 0) is 9.53 Å². The molecule has 1 aliphatic carbocycles. The first kappa shape index (κ1) is 12.4. The maximum atomic E-state index is 12.2. The van der Waals surface area contributed by atoms with Gasteiger partial charge in [-0.1, -0.05) is 35.7 Å². The standard InChI is InChI=1S/C12H20BrNO2/c1-2-9(13)12(15)14-7-8-16-11-6-4-3-5-10(11)14/h9-11H,2-8H2,1H3. The molecule has 0 aromatic carbocycles. The van der Waals surface area contributed by atoms with Gasteiger partial charge in [0.2, 0.25) is 5.91 Å². The summed E-state index contributed by atoms with van der Waals surface area (Å²) in [7, 11) is 0. The molecule has 0 radical (unpaired) electrons. The zero-order chi connectivity index (χ0) is 11.5. The molecule has 1 saturated carbocycles. The van der Waals surface area contributed by atoms with Gasteiger partial charge in [0.1, 0.15) is 0 Å². The van der Waals surface area contributed by atoms with Crippen molar-refractivity contribution < 1.29 is 9.53 Å². The lowest BCUT2D eigenvalue weighted by molar-refractivity contribution is -0.148. The van der Waals surface area contributed by atoms with Crippen molar-refractivity contribution in [3.8, 4) is 0 Å². The molecule has 0 spiro atoms. The number of fused-ring (bicyclic) bond motifs is 1. The van der Waals surface area contributed by atoms with Crippen molar-refractivity contribution in [3.63, 3.8) is 0 Å². The van der Waals surface area contributed by atoms with E-state index in [4.69, 9.17) is 4.74 Å². The smallest absolute Gasteiger partial charge is 0.236 e. The Morgan fingerprint density at radius 3 is 3.00 bits per heavy atom. The highest BCUT2D eigenvalue weighted by Gasteiger charge is 2.37. The lowest BCUT2D eigenvalue weighted by Crippen LogP contribution is -2.56. The number of alkyl halides is 1. The van der Waals surface area contributed by atoms with E-state index in [1.807, 2.05) is 6.92 Å². The van der Waals surface area contributed by atoms with Crippen LogP contribution >= 0.6 is 15.9 Å². The Morgan fingerprint density at radius 1 is 1.50 bits per heavy atom. The maximum absolute atomic E-state index is 12.2. The summed E-state index contributed by atoms with van der Waals surface area (Å²) in [4.78, 5) is 14.2. The monoisotopic (exact) mass is 289 g/mol. The van der Waals surface area contributed by atoms with Crippen LogP contribution in [0.5, 0.6) is 0 Å². The minimum atomic E-state index is -0.0202. The van der Waals surface area contributed by atoms with Gasteiger partial charge in [-0.3, -0.25) is 4.79 Å². The molecule has 92 valence electrons. The molecular weight excluding hydrogens is 270 g/mol. The van der Waals surface area contributed by atoms with Crippen LogP contribution < -0.4 is 0 Å². The molecule has 1 heterocycles. The Morgan fingerprint density at radius 2 is 2.25 bits per heavy atom. The maximum Gasteiger partial charge on any atom is 0.236 e. The molecule has 1 amide bonds. The Bertz CT molecular complexity index is 257. The highest BCUT2D eigenvalue weighted by Crippen LogP contribution is 2.29. The van der Waals surface area contributed by atoms with Crippen LogP contribution in [0.2, 0.25) is 0 Å². The highest BCUT2D eigenvalue weighted by molar-refractivity contribution is 9.10. The molecule has 2 rings (SSSR count). The van der Waals surface area contributed by atoms with Gasteiger partial charge in [-0.05, 0) is 19.3 Å². The number of hydrogen-bond acceptors (Lipinski definition) is 2. The number of amides is 1. The number of nitrogens with zero attached hydrogens (tertiary/aromatic N) is 1. The van der Waals surface area contributed by atoms with Crippen molar-refractivity contribution >= 4 is 21.8 Å². The van der Waals surface area contributed by atoms with E-state index in [9.17, 15) is 4.79 Å². The summed E-state index contributed by atoms with van der Waals surface area (Å²) in [6.07, 6.45) is 5.85. The number of carbonyl (C=O) groups excluding carboxylic acids is 1. The number of carbonyl (C=O) groups is 1. The summed E-state index contributed by atoms with van der Waals surface area (Å²) in [5.74, 6) is 0.253. The van der Waals surface area contributed by atoms with Crippen LogP contribution in [0.25, 0.3) is 0 Å². The number of rotatable bonds is 2. The van der Waals surface area contributed by atoms with Crippen molar-refractivity contribution in [1.29, 1.82) is 0 Å². The highest BCUT2D eigenvalue weighted by atomic mass is 79.9. The SMILES string of the molecule is CCC(Br)C(=O)N1CCOC2CCCCC21. The van der Waals surface area contributed by atoms with Crippen LogP contribution in [0.4, 0.5) is 0 Å². The minimum absolute atomic E-state index is 0.0202. The largest absolute Gasteiger partial charge is 0.374 e. The van der Waals surface area contributed by atoms with E-state index in [0.29, 0.717) is 18.8 Å². The molecule has 4 heteroatoms. The number of halogens is 1. The normalized spacial score (nSPS) is 32.0. The van der Waals surface area contributed by atoms with Gasteiger partial charge < -0.3 is 9.64 Å². The summed E-state index contributed by atoms with van der Waals surface area (Å²) < 4.78 is 5.77. The molecule has 1 saturated heterocycles. The van der Waals surface area contributed by atoms with Gasteiger partial charge in [0, 0.05) is 6.54 Å². The Hall–Kier alpha value is -0.0900. The van der Waals surface area contributed by atoms with Crippen LogP contribution in [0.15, 0.2) is 0 Å². The minimum Gasteiger partial charge on any atom is -0.374 e. The average Bonchev–Trinajstić information content (AvgIpc) is 2.36. The Labute approximate surface area is 106 Å². The average molecular weight is 290 g/mol. The summed E-state index contributed by atoms with van der Waals surface area (Å²) in [5, 5.41) is 0. The van der Waals surface area contributed by atoms with Gasteiger partial charge in [-0.15, -0.1) is 0 Å². The third-order valence-electron chi connectivity index (χ3n) is 3.64. The molecule has 0 bridgehead atoms.